The average molecular weight is 395 g/mol. The fraction of sp³-hybridized carbons (Fsp3) is 0.227. The van der Waals surface area contributed by atoms with Gasteiger partial charge in [0.1, 0.15) is 17.1 Å². The average Bonchev–Trinajstić information content (AvgIpc) is 3.14. The smallest absolute Gasteiger partial charge is 0.341 e. The van der Waals surface area contributed by atoms with E-state index in [1.807, 2.05) is 37.3 Å². The van der Waals surface area contributed by atoms with Gasteiger partial charge in [0.05, 0.1) is 32.1 Å². The Bertz CT molecular complexity index is 1010. The monoisotopic (exact) mass is 395 g/mol. The number of aromatic nitrogens is 1. The summed E-state index contributed by atoms with van der Waals surface area (Å²) in [6, 6.07) is 14.1. The lowest BCUT2D eigenvalue weighted by Gasteiger charge is -2.11. The van der Waals surface area contributed by atoms with Crippen LogP contribution < -0.4 is 4.74 Å². The van der Waals surface area contributed by atoms with Crippen LogP contribution in [0.5, 0.6) is 5.75 Å². The Balaban J connectivity index is 1.73. The minimum Gasteiger partial charge on any atom is -0.492 e. The van der Waals surface area contributed by atoms with Gasteiger partial charge >= 0.3 is 11.9 Å². The summed E-state index contributed by atoms with van der Waals surface area (Å²) in [7, 11) is 2.54. The van der Waals surface area contributed by atoms with Crippen molar-refractivity contribution in [3.05, 3.63) is 71.1 Å². The van der Waals surface area contributed by atoms with E-state index in [0.29, 0.717) is 23.8 Å². The zero-order chi connectivity index (χ0) is 20.8. The molecule has 0 spiro atoms. The number of nitrogens with zero attached hydrogens (tertiary/aromatic N) is 1. The number of esters is 2. The quantitative estimate of drug-likeness (QED) is 0.562. The number of hydrogen-bond donors (Lipinski definition) is 0. The number of benzene rings is 2. The topological polar surface area (TPSA) is 87.9 Å². The van der Waals surface area contributed by atoms with Crippen LogP contribution in [0.3, 0.4) is 0 Å². The molecule has 0 fully saturated rings. The van der Waals surface area contributed by atoms with E-state index < -0.39 is 11.9 Å². The van der Waals surface area contributed by atoms with Crippen molar-refractivity contribution < 1.29 is 28.2 Å². The van der Waals surface area contributed by atoms with Gasteiger partial charge in [0, 0.05) is 12.0 Å². The maximum atomic E-state index is 12.1. The fourth-order valence-electron chi connectivity index (χ4n) is 2.79. The second-order valence-corrected chi connectivity index (χ2v) is 6.18. The molecule has 29 heavy (non-hydrogen) atoms. The zero-order valence-electron chi connectivity index (χ0n) is 16.4. The molecule has 1 aromatic heterocycles. The Kier molecular flexibility index (Phi) is 6.29. The van der Waals surface area contributed by atoms with E-state index in [2.05, 4.69) is 9.72 Å². The molecule has 3 rings (SSSR count). The summed E-state index contributed by atoms with van der Waals surface area (Å²) in [6.07, 6.45) is 0.488. The lowest BCUT2D eigenvalue weighted by atomic mass is 10.1. The third kappa shape index (κ3) is 4.63. The molecule has 2 aromatic carbocycles. The van der Waals surface area contributed by atoms with E-state index in [4.69, 9.17) is 13.9 Å². The van der Waals surface area contributed by atoms with Crippen LogP contribution in [0, 0.1) is 6.92 Å². The van der Waals surface area contributed by atoms with Crippen LogP contribution in [0.1, 0.15) is 32.2 Å². The SMILES string of the molecule is COC(=O)c1ccc(OCCc2nc(-c3ccccc3)oc2C)c(C(=O)OC)c1. The predicted molar refractivity (Wildman–Crippen MR) is 105 cm³/mol. The Morgan fingerprint density at radius 2 is 1.72 bits per heavy atom. The minimum atomic E-state index is -0.602. The first-order valence-corrected chi connectivity index (χ1v) is 8.98. The number of methoxy groups -OCH3 is 2. The van der Waals surface area contributed by atoms with Crippen molar-refractivity contribution in [3.8, 4) is 17.2 Å². The highest BCUT2D eigenvalue weighted by Gasteiger charge is 2.18. The Morgan fingerprint density at radius 3 is 2.41 bits per heavy atom. The summed E-state index contributed by atoms with van der Waals surface area (Å²) in [5.41, 5.74) is 2.06. The molecule has 0 amide bonds. The van der Waals surface area contributed by atoms with E-state index in [1.54, 1.807) is 6.07 Å². The number of rotatable bonds is 7. The van der Waals surface area contributed by atoms with E-state index in [0.717, 1.165) is 11.3 Å². The van der Waals surface area contributed by atoms with Crippen LogP contribution in [0.25, 0.3) is 11.5 Å². The highest BCUT2D eigenvalue weighted by Crippen LogP contribution is 2.24. The van der Waals surface area contributed by atoms with Gasteiger partial charge in [-0.05, 0) is 37.3 Å². The van der Waals surface area contributed by atoms with Crippen LogP contribution in [-0.4, -0.2) is 37.7 Å². The molecule has 0 atom stereocenters. The van der Waals surface area contributed by atoms with Crippen molar-refractivity contribution in [2.45, 2.75) is 13.3 Å². The van der Waals surface area contributed by atoms with Gasteiger partial charge in [-0.2, -0.15) is 0 Å². The summed E-state index contributed by atoms with van der Waals surface area (Å²) < 4.78 is 21.0. The van der Waals surface area contributed by atoms with Crippen LogP contribution in [-0.2, 0) is 15.9 Å². The molecule has 150 valence electrons. The predicted octanol–water partition coefficient (Wildman–Crippen LogP) is 3.84. The summed E-state index contributed by atoms with van der Waals surface area (Å²) in [5.74, 6) is 0.425. The zero-order valence-corrected chi connectivity index (χ0v) is 16.4. The van der Waals surface area contributed by atoms with E-state index in [1.165, 1.54) is 26.4 Å². The van der Waals surface area contributed by atoms with Crippen molar-refractivity contribution in [1.29, 1.82) is 0 Å². The van der Waals surface area contributed by atoms with Gasteiger partial charge in [0.2, 0.25) is 5.89 Å². The fourth-order valence-corrected chi connectivity index (χ4v) is 2.79. The highest BCUT2D eigenvalue weighted by atomic mass is 16.5. The van der Waals surface area contributed by atoms with E-state index in [9.17, 15) is 9.59 Å². The van der Waals surface area contributed by atoms with Crippen LogP contribution >= 0.6 is 0 Å². The van der Waals surface area contributed by atoms with Crippen molar-refractivity contribution in [3.63, 3.8) is 0 Å². The molecule has 0 aliphatic rings. The van der Waals surface area contributed by atoms with Crippen LogP contribution in [0.2, 0.25) is 0 Å². The number of aryl methyl sites for hydroxylation is 1. The van der Waals surface area contributed by atoms with Gasteiger partial charge in [0.25, 0.3) is 0 Å². The van der Waals surface area contributed by atoms with Crippen LogP contribution in [0.4, 0.5) is 0 Å². The molecular weight excluding hydrogens is 374 g/mol. The summed E-state index contributed by atoms with van der Waals surface area (Å²) in [6.45, 7) is 2.11. The van der Waals surface area contributed by atoms with Gasteiger partial charge in [-0.1, -0.05) is 18.2 Å². The molecular formula is C22H21NO6. The standard InChI is InChI=1S/C22H21NO6/c1-14-18(23-20(29-14)15-7-5-4-6-8-15)11-12-28-19-10-9-16(21(24)26-2)13-17(19)22(25)27-3/h4-10,13H,11-12H2,1-3H3. The molecule has 0 bridgehead atoms. The normalized spacial score (nSPS) is 10.4. The van der Waals surface area contributed by atoms with E-state index >= 15 is 0 Å². The number of carbonyl (C=O) groups is 2. The van der Waals surface area contributed by atoms with Gasteiger partial charge < -0.3 is 18.6 Å². The molecule has 0 unspecified atom stereocenters. The maximum Gasteiger partial charge on any atom is 0.341 e. The molecule has 1 heterocycles. The molecule has 0 saturated carbocycles. The maximum absolute atomic E-state index is 12.1. The third-order valence-electron chi connectivity index (χ3n) is 4.32. The van der Waals surface area contributed by atoms with E-state index in [-0.39, 0.29) is 17.7 Å². The molecule has 0 N–H and O–H groups in total. The largest absolute Gasteiger partial charge is 0.492 e. The first-order valence-electron chi connectivity index (χ1n) is 8.98. The molecule has 0 aliphatic heterocycles. The van der Waals surface area contributed by atoms with Crippen LogP contribution in [0.15, 0.2) is 52.9 Å². The second kappa shape index (κ2) is 9.05. The molecule has 0 aliphatic carbocycles. The van der Waals surface area contributed by atoms with Gasteiger partial charge in [-0.3, -0.25) is 0 Å². The summed E-state index contributed by atoms with van der Waals surface area (Å²) in [5, 5.41) is 0. The summed E-state index contributed by atoms with van der Waals surface area (Å²) >= 11 is 0. The van der Waals surface area contributed by atoms with Gasteiger partial charge in [0.15, 0.2) is 0 Å². The highest BCUT2D eigenvalue weighted by molar-refractivity contribution is 5.97. The molecule has 3 aromatic rings. The Labute approximate surface area is 168 Å². The Morgan fingerprint density at radius 1 is 1.00 bits per heavy atom. The van der Waals surface area contributed by atoms with Crippen molar-refractivity contribution in [2.75, 3.05) is 20.8 Å². The molecule has 7 heteroatoms. The molecule has 7 nitrogen and oxygen atoms in total. The second-order valence-electron chi connectivity index (χ2n) is 6.18. The number of carbonyl (C=O) groups excluding carboxylic acids is 2. The van der Waals surface area contributed by atoms with Crippen molar-refractivity contribution in [2.24, 2.45) is 0 Å². The third-order valence-corrected chi connectivity index (χ3v) is 4.32. The Hall–Kier alpha value is -3.61. The van der Waals surface area contributed by atoms with Gasteiger partial charge in [-0.25, -0.2) is 14.6 Å². The first-order chi connectivity index (χ1) is 14.0. The lowest BCUT2D eigenvalue weighted by molar-refractivity contribution is 0.0595. The molecule has 0 saturated heterocycles. The molecule has 0 radical (unpaired) electrons. The number of hydrogen-bond acceptors (Lipinski definition) is 7. The number of oxazole rings is 1. The van der Waals surface area contributed by atoms with Crippen molar-refractivity contribution >= 4 is 11.9 Å². The number of ether oxygens (including phenoxy) is 3. The lowest BCUT2D eigenvalue weighted by Crippen LogP contribution is -2.11. The minimum absolute atomic E-state index is 0.150. The van der Waals surface area contributed by atoms with Crippen molar-refractivity contribution in [1.82, 2.24) is 4.98 Å². The first kappa shape index (κ1) is 20.1. The summed E-state index contributed by atoms with van der Waals surface area (Å²) in [4.78, 5) is 28.3. The van der Waals surface area contributed by atoms with Gasteiger partial charge in [-0.15, -0.1) is 0 Å².